The number of nitrogens with zero attached hydrogens (tertiary/aromatic N) is 2. The maximum absolute atomic E-state index is 12.5. The summed E-state index contributed by atoms with van der Waals surface area (Å²) < 4.78 is 7.56. The highest BCUT2D eigenvalue weighted by atomic mass is 35.5. The van der Waals surface area contributed by atoms with Gasteiger partial charge in [-0.3, -0.25) is 9.36 Å². The van der Waals surface area contributed by atoms with Crippen LogP contribution in [0.1, 0.15) is 6.42 Å². The Bertz CT molecular complexity index is 1140. The second kappa shape index (κ2) is 7.18. The van der Waals surface area contributed by atoms with Crippen LogP contribution in [0.2, 0.25) is 5.02 Å². The number of hydrogen-bond donors (Lipinski definition) is 0. The van der Waals surface area contributed by atoms with E-state index in [-0.39, 0.29) is 5.56 Å². The molecule has 1 aromatic heterocycles. The largest absolute Gasteiger partial charge is 0.493 e. The van der Waals surface area contributed by atoms with Crippen molar-refractivity contribution in [3.8, 4) is 5.75 Å². The quantitative estimate of drug-likeness (QED) is 0.483. The Labute approximate surface area is 155 Å². The summed E-state index contributed by atoms with van der Waals surface area (Å²) in [6.07, 6.45) is 2.30. The molecule has 4 aromatic rings. The van der Waals surface area contributed by atoms with Gasteiger partial charge in [0.2, 0.25) is 0 Å². The Balaban J connectivity index is 1.46. The summed E-state index contributed by atoms with van der Waals surface area (Å²) in [5.74, 6) is 0.800. The van der Waals surface area contributed by atoms with Gasteiger partial charge in [-0.05, 0) is 30.7 Å². The number of rotatable bonds is 5. The van der Waals surface area contributed by atoms with E-state index >= 15 is 0 Å². The van der Waals surface area contributed by atoms with Crippen molar-refractivity contribution in [1.29, 1.82) is 0 Å². The van der Waals surface area contributed by atoms with Crippen LogP contribution in [0.5, 0.6) is 5.75 Å². The molecule has 1 heterocycles. The standard InChI is InChI=1S/C21H17ClN2O2/c22-18-10-11-20(16-7-2-1-6-15(16)18)26-13-5-12-24-14-23-19-9-4-3-8-17(19)21(24)25/h1-4,6-11,14H,5,12-13H2. The molecule has 0 saturated heterocycles. The van der Waals surface area contributed by atoms with Gasteiger partial charge >= 0.3 is 0 Å². The van der Waals surface area contributed by atoms with Gasteiger partial charge in [-0.2, -0.15) is 0 Å². The van der Waals surface area contributed by atoms with Gasteiger partial charge in [0, 0.05) is 22.3 Å². The normalized spacial score (nSPS) is 11.1. The summed E-state index contributed by atoms with van der Waals surface area (Å²) in [7, 11) is 0. The van der Waals surface area contributed by atoms with Crippen molar-refractivity contribution < 1.29 is 4.74 Å². The number of para-hydroxylation sites is 1. The van der Waals surface area contributed by atoms with E-state index in [4.69, 9.17) is 16.3 Å². The highest BCUT2D eigenvalue weighted by Crippen LogP contribution is 2.31. The van der Waals surface area contributed by atoms with Crippen LogP contribution in [-0.2, 0) is 6.54 Å². The highest BCUT2D eigenvalue weighted by molar-refractivity contribution is 6.35. The molecule has 130 valence electrons. The van der Waals surface area contributed by atoms with E-state index < -0.39 is 0 Å². The average Bonchev–Trinajstić information content (AvgIpc) is 2.69. The van der Waals surface area contributed by atoms with Crippen LogP contribution < -0.4 is 10.3 Å². The molecule has 4 nitrogen and oxygen atoms in total. The van der Waals surface area contributed by atoms with Crippen LogP contribution in [-0.4, -0.2) is 16.2 Å². The number of ether oxygens (including phenoxy) is 1. The maximum atomic E-state index is 12.5. The summed E-state index contributed by atoms with van der Waals surface area (Å²) in [6, 6.07) is 19.0. The zero-order valence-corrected chi connectivity index (χ0v) is 14.8. The topological polar surface area (TPSA) is 44.1 Å². The summed E-state index contributed by atoms with van der Waals surface area (Å²) in [5.41, 5.74) is 0.699. The van der Waals surface area contributed by atoms with E-state index in [0.717, 1.165) is 22.0 Å². The van der Waals surface area contributed by atoms with Gasteiger partial charge in [-0.15, -0.1) is 0 Å². The van der Waals surface area contributed by atoms with E-state index in [9.17, 15) is 4.79 Å². The van der Waals surface area contributed by atoms with Crippen molar-refractivity contribution in [3.05, 3.63) is 82.4 Å². The van der Waals surface area contributed by atoms with Crippen molar-refractivity contribution in [2.24, 2.45) is 0 Å². The number of halogens is 1. The summed E-state index contributed by atoms with van der Waals surface area (Å²) in [6.45, 7) is 1.06. The predicted octanol–water partition coefficient (Wildman–Crippen LogP) is 4.67. The smallest absolute Gasteiger partial charge is 0.261 e. The first-order valence-corrected chi connectivity index (χ1v) is 8.86. The third-order valence-corrected chi connectivity index (χ3v) is 4.69. The van der Waals surface area contributed by atoms with Gasteiger partial charge in [0.15, 0.2) is 0 Å². The molecule has 0 saturated carbocycles. The van der Waals surface area contributed by atoms with Crippen LogP contribution in [0.4, 0.5) is 0 Å². The summed E-state index contributed by atoms with van der Waals surface area (Å²) in [5, 5.41) is 3.31. The Morgan fingerprint density at radius 2 is 1.65 bits per heavy atom. The van der Waals surface area contributed by atoms with Crippen LogP contribution >= 0.6 is 11.6 Å². The third kappa shape index (κ3) is 3.16. The Morgan fingerprint density at radius 3 is 2.50 bits per heavy atom. The highest BCUT2D eigenvalue weighted by Gasteiger charge is 2.06. The van der Waals surface area contributed by atoms with Crippen molar-refractivity contribution in [2.45, 2.75) is 13.0 Å². The zero-order chi connectivity index (χ0) is 17.9. The van der Waals surface area contributed by atoms with Crippen LogP contribution in [0.3, 0.4) is 0 Å². The lowest BCUT2D eigenvalue weighted by Crippen LogP contribution is -2.21. The van der Waals surface area contributed by atoms with Gasteiger partial charge in [-0.1, -0.05) is 48.0 Å². The molecule has 0 bridgehead atoms. The maximum Gasteiger partial charge on any atom is 0.261 e. The van der Waals surface area contributed by atoms with Crippen molar-refractivity contribution in [2.75, 3.05) is 6.61 Å². The summed E-state index contributed by atoms with van der Waals surface area (Å²) in [4.78, 5) is 16.8. The molecule has 0 atom stereocenters. The number of aryl methyl sites for hydroxylation is 1. The van der Waals surface area contributed by atoms with E-state index in [1.165, 1.54) is 0 Å². The van der Waals surface area contributed by atoms with Gasteiger partial charge in [0.1, 0.15) is 5.75 Å². The first kappa shape index (κ1) is 16.6. The van der Waals surface area contributed by atoms with E-state index in [0.29, 0.717) is 30.0 Å². The van der Waals surface area contributed by atoms with E-state index in [2.05, 4.69) is 4.98 Å². The van der Waals surface area contributed by atoms with Gasteiger partial charge < -0.3 is 4.74 Å². The van der Waals surface area contributed by atoms with Gasteiger partial charge in [0.05, 0.1) is 23.8 Å². The van der Waals surface area contributed by atoms with Crippen molar-refractivity contribution in [1.82, 2.24) is 9.55 Å². The molecule has 0 N–H and O–H groups in total. The monoisotopic (exact) mass is 364 g/mol. The fourth-order valence-corrected chi connectivity index (χ4v) is 3.27. The van der Waals surface area contributed by atoms with Crippen LogP contribution in [0.15, 0.2) is 71.8 Å². The number of benzene rings is 3. The van der Waals surface area contributed by atoms with Crippen molar-refractivity contribution >= 4 is 33.3 Å². The number of hydrogen-bond acceptors (Lipinski definition) is 3. The molecule has 0 radical (unpaired) electrons. The molecule has 5 heteroatoms. The molecule has 26 heavy (non-hydrogen) atoms. The predicted molar refractivity (Wildman–Crippen MR) is 105 cm³/mol. The zero-order valence-electron chi connectivity index (χ0n) is 14.1. The molecular formula is C21H17ClN2O2. The van der Waals surface area contributed by atoms with Crippen molar-refractivity contribution in [3.63, 3.8) is 0 Å². The van der Waals surface area contributed by atoms with Gasteiger partial charge in [0.25, 0.3) is 5.56 Å². The third-order valence-electron chi connectivity index (χ3n) is 4.36. The molecule has 4 rings (SSSR count). The molecule has 0 amide bonds. The fraction of sp³-hybridized carbons (Fsp3) is 0.143. The molecule has 0 spiro atoms. The Kier molecular flexibility index (Phi) is 4.59. The first-order valence-electron chi connectivity index (χ1n) is 8.48. The lowest BCUT2D eigenvalue weighted by atomic mass is 10.1. The molecule has 0 fully saturated rings. The van der Waals surface area contributed by atoms with Crippen LogP contribution in [0.25, 0.3) is 21.7 Å². The minimum atomic E-state index is -0.0208. The van der Waals surface area contributed by atoms with Gasteiger partial charge in [-0.25, -0.2) is 4.98 Å². The molecule has 0 aliphatic heterocycles. The fourth-order valence-electron chi connectivity index (χ4n) is 3.04. The lowest BCUT2D eigenvalue weighted by molar-refractivity contribution is 0.304. The second-order valence-electron chi connectivity index (χ2n) is 6.05. The Hall–Kier alpha value is -2.85. The summed E-state index contributed by atoms with van der Waals surface area (Å²) >= 11 is 6.23. The number of fused-ring (bicyclic) bond motifs is 2. The second-order valence-corrected chi connectivity index (χ2v) is 6.46. The molecule has 0 unspecified atom stereocenters. The lowest BCUT2D eigenvalue weighted by Gasteiger charge is -2.11. The molecular weight excluding hydrogens is 348 g/mol. The van der Waals surface area contributed by atoms with E-state index in [1.807, 2.05) is 54.6 Å². The first-order chi connectivity index (χ1) is 12.7. The molecule has 0 aliphatic rings. The molecule has 3 aromatic carbocycles. The SMILES string of the molecule is O=c1c2ccccc2ncn1CCCOc1ccc(Cl)c2ccccc12. The van der Waals surface area contributed by atoms with Crippen LogP contribution in [0, 0.1) is 0 Å². The Morgan fingerprint density at radius 1 is 0.923 bits per heavy atom. The minimum absolute atomic E-state index is 0.0208. The molecule has 0 aliphatic carbocycles. The minimum Gasteiger partial charge on any atom is -0.493 e. The average molecular weight is 365 g/mol. The van der Waals surface area contributed by atoms with E-state index in [1.54, 1.807) is 17.0 Å². The number of aromatic nitrogens is 2.